The minimum absolute atomic E-state index is 0.179. The molecule has 0 saturated heterocycles. The number of carbonyl (C=O) groups is 2. The van der Waals surface area contributed by atoms with Crippen molar-refractivity contribution in [2.75, 3.05) is 11.9 Å². The first-order valence-corrected chi connectivity index (χ1v) is 9.72. The fourth-order valence-electron chi connectivity index (χ4n) is 2.64. The summed E-state index contributed by atoms with van der Waals surface area (Å²) in [7, 11) is 0. The SMILES string of the molecule is CC(C)Cc1nnc(NC(=O)CCNC(=O)c2ccc3ccccc3c2)s1. The van der Waals surface area contributed by atoms with Gasteiger partial charge in [0.2, 0.25) is 11.0 Å². The van der Waals surface area contributed by atoms with Crippen LogP contribution in [0.5, 0.6) is 0 Å². The number of amides is 2. The Kier molecular flexibility index (Phi) is 6.13. The number of aromatic nitrogens is 2. The molecule has 0 aliphatic rings. The predicted molar refractivity (Wildman–Crippen MR) is 108 cm³/mol. The van der Waals surface area contributed by atoms with Gasteiger partial charge in [-0.3, -0.25) is 9.59 Å². The molecule has 0 aliphatic carbocycles. The van der Waals surface area contributed by atoms with Gasteiger partial charge in [-0.05, 0) is 28.8 Å². The van der Waals surface area contributed by atoms with Crippen LogP contribution in [-0.4, -0.2) is 28.6 Å². The van der Waals surface area contributed by atoms with E-state index in [1.165, 1.54) is 11.3 Å². The molecule has 6 nitrogen and oxygen atoms in total. The standard InChI is InChI=1S/C20H22N4O2S/c1-13(2)11-18-23-24-20(27-18)22-17(25)9-10-21-19(26)16-8-7-14-5-3-4-6-15(14)12-16/h3-8,12-13H,9-11H2,1-2H3,(H,21,26)(H,22,24,25). The summed E-state index contributed by atoms with van der Waals surface area (Å²) in [4.78, 5) is 24.3. The molecule has 1 aromatic heterocycles. The van der Waals surface area contributed by atoms with E-state index >= 15 is 0 Å². The zero-order chi connectivity index (χ0) is 19.2. The molecule has 27 heavy (non-hydrogen) atoms. The van der Waals surface area contributed by atoms with E-state index in [0.29, 0.717) is 16.6 Å². The van der Waals surface area contributed by atoms with Crippen LogP contribution >= 0.6 is 11.3 Å². The van der Waals surface area contributed by atoms with Gasteiger partial charge in [0.05, 0.1) is 0 Å². The zero-order valence-electron chi connectivity index (χ0n) is 15.4. The summed E-state index contributed by atoms with van der Waals surface area (Å²) >= 11 is 1.39. The Morgan fingerprint density at radius 3 is 2.63 bits per heavy atom. The molecule has 2 aromatic carbocycles. The molecule has 0 radical (unpaired) electrons. The Labute approximate surface area is 162 Å². The minimum atomic E-state index is -0.193. The molecular formula is C20H22N4O2S. The summed E-state index contributed by atoms with van der Waals surface area (Å²) in [6.07, 6.45) is 1.02. The Bertz CT molecular complexity index is 952. The van der Waals surface area contributed by atoms with Crippen molar-refractivity contribution in [1.29, 1.82) is 0 Å². The van der Waals surface area contributed by atoms with Crippen molar-refractivity contribution in [3.05, 3.63) is 53.0 Å². The molecule has 0 aliphatic heterocycles. The van der Waals surface area contributed by atoms with E-state index in [-0.39, 0.29) is 24.8 Å². The second-order valence-electron chi connectivity index (χ2n) is 6.71. The van der Waals surface area contributed by atoms with Crippen LogP contribution in [0.15, 0.2) is 42.5 Å². The number of carbonyl (C=O) groups excluding carboxylic acids is 2. The first-order chi connectivity index (χ1) is 13.0. The largest absolute Gasteiger partial charge is 0.352 e. The van der Waals surface area contributed by atoms with Gasteiger partial charge in [-0.15, -0.1) is 10.2 Å². The summed E-state index contributed by atoms with van der Waals surface area (Å²) < 4.78 is 0. The van der Waals surface area contributed by atoms with E-state index in [2.05, 4.69) is 34.7 Å². The molecule has 2 amide bonds. The topological polar surface area (TPSA) is 84.0 Å². The van der Waals surface area contributed by atoms with Crippen LogP contribution in [-0.2, 0) is 11.2 Å². The van der Waals surface area contributed by atoms with Gasteiger partial charge in [-0.2, -0.15) is 0 Å². The van der Waals surface area contributed by atoms with Gasteiger partial charge < -0.3 is 10.6 Å². The number of anilines is 1. The van der Waals surface area contributed by atoms with E-state index < -0.39 is 0 Å². The lowest BCUT2D eigenvalue weighted by atomic mass is 10.1. The lowest BCUT2D eigenvalue weighted by Gasteiger charge is -2.06. The molecule has 3 aromatic rings. The predicted octanol–water partition coefficient (Wildman–Crippen LogP) is 3.65. The van der Waals surface area contributed by atoms with Crippen LogP contribution in [0.4, 0.5) is 5.13 Å². The van der Waals surface area contributed by atoms with Gasteiger partial charge in [0, 0.05) is 24.9 Å². The number of benzene rings is 2. The molecule has 2 N–H and O–H groups in total. The Balaban J connectivity index is 1.47. The highest BCUT2D eigenvalue weighted by molar-refractivity contribution is 7.15. The van der Waals surface area contributed by atoms with Gasteiger partial charge in [0.1, 0.15) is 5.01 Å². The van der Waals surface area contributed by atoms with Gasteiger partial charge >= 0.3 is 0 Å². The average molecular weight is 382 g/mol. The maximum atomic E-state index is 12.3. The van der Waals surface area contributed by atoms with Crippen molar-refractivity contribution in [2.45, 2.75) is 26.7 Å². The van der Waals surface area contributed by atoms with E-state index in [1.807, 2.05) is 36.4 Å². The molecular weight excluding hydrogens is 360 g/mol. The Morgan fingerprint density at radius 1 is 1.07 bits per heavy atom. The average Bonchev–Trinajstić information content (AvgIpc) is 3.07. The number of hydrogen-bond donors (Lipinski definition) is 2. The van der Waals surface area contributed by atoms with Crippen molar-refractivity contribution >= 4 is 39.1 Å². The first-order valence-electron chi connectivity index (χ1n) is 8.90. The summed E-state index contributed by atoms with van der Waals surface area (Å²) in [5.74, 6) is 0.108. The maximum Gasteiger partial charge on any atom is 0.251 e. The third-order valence-electron chi connectivity index (χ3n) is 3.95. The van der Waals surface area contributed by atoms with Crippen LogP contribution in [0.3, 0.4) is 0 Å². The molecule has 7 heteroatoms. The molecule has 0 saturated carbocycles. The summed E-state index contributed by atoms with van der Waals surface area (Å²) in [6.45, 7) is 4.48. The van der Waals surface area contributed by atoms with E-state index in [0.717, 1.165) is 22.2 Å². The zero-order valence-corrected chi connectivity index (χ0v) is 16.2. The number of nitrogens with one attached hydrogen (secondary N) is 2. The van der Waals surface area contributed by atoms with Crippen molar-refractivity contribution in [2.24, 2.45) is 5.92 Å². The fourth-order valence-corrected chi connectivity index (χ4v) is 3.61. The minimum Gasteiger partial charge on any atom is -0.352 e. The lowest BCUT2D eigenvalue weighted by Crippen LogP contribution is -2.27. The van der Waals surface area contributed by atoms with Crippen molar-refractivity contribution in [1.82, 2.24) is 15.5 Å². The first kappa shape index (κ1) is 19.0. The summed E-state index contributed by atoms with van der Waals surface area (Å²) in [5, 5.41) is 17.1. The van der Waals surface area contributed by atoms with Crippen molar-refractivity contribution in [3.63, 3.8) is 0 Å². The van der Waals surface area contributed by atoms with Crippen molar-refractivity contribution in [3.8, 4) is 0 Å². The number of nitrogens with zero attached hydrogens (tertiary/aromatic N) is 2. The Hall–Kier alpha value is -2.80. The van der Waals surface area contributed by atoms with Crippen LogP contribution in [0.2, 0.25) is 0 Å². The summed E-state index contributed by atoms with van der Waals surface area (Å²) in [5.41, 5.74) is 0.580. The van der Waals surface area contributed by atoms with Gasteiger partial charge in [-0.25, -0.2) is 0 Å². The monoisotopic (exact) mass is 382 g/mol. The molecule has 0 fully saturated rings. The second-order valence-corrected chi connectivity index (χ2v) is 7.78. The lowest BCUT2D eigenvalue weighted by molar-refractivity contribution is -0.116. The van der Waals surface area contributed by atoms with Crippen LogP contribution in [0.1, 0.15) is 35.6 Å². The number of hydrogen-bond acceptors (Lipinski definition) is 5. The molecule has 0 bridgehead atoms. The molecule has 0 atom stereocenters. The van der Waals surface area contributed by atoms with E-state index in [4.69, 9.17) is 0 Å². The normalized spacial score (nSPS) is 10.9. The molecule has 0 unspecified atom stereocenters. The van der Waals surface area contributed by atoms with E-state index in [9.17, 15) is 9.59 Å². The molecule has 3 rings (SSSR count). The van der Waals surface area contributed by atoms with Crippen LogP contribution in [0.25, 0.3) is 10.8 Å². The maximum absolute atomic E-state index is 12.3. The highest BCUT2D eigenvalue weighted by atomic mass is 32.1. The van der Waals surface area contributed by atoms with E-state index in [1.54, 1.807) is 6.07 Å². The van der Waals surface area contributed by atoms with Crippen LogP contribution in [0, 0.1) is 5.92 Å². The summed E-state index contributed by atoms with van der Waals surface area (Å²) in [6, 6.07) is 13.4. The van der Waals surface area contributed by atoms with Gasteiger partial charge in [-0.1, -0.05) is 55.5 Å². The highest BCUT2D eigenvalue weighted by Gasteiger charge is 2.11. The molecule has 140 valence electrons. The third kappa shape index (κ3) is 5.34. The van der Waals surface area contributed by atoms with Crippen LogP contribution < -0.4 is 10.6 Å². The number of fused-ring (bicyclic) bond motifs is 1. The third-order valence-corrected chi connectivity index (χ3v) is 4.81. The molecule has 0 spiro atoms. The van der Waals surface area contributed by atoms with Gasteiger partial charge in [0.25, 0.3) is 5.91 Å². The fraction of sp³-hybridized carbons (Fsp3) is 0.300. The van der Waals surface area contributed by atoms with Gasteiger partial charge in [0.15, 0.2) is 0 Å². The highest BCUT2D eigenvalue weighted by Crippen LogP contribution is 2.18. The smallest absolute Gasteiger partial charge is 0.251 e. The quantitative estimate of drug-likeness (QED) is 0.653. The number of rotatable bonds is 7. The molecule has 1 heterocycles. The Morgan fingerprint density at radius 2 is 1.85 bits per heavy atom. The van der Waals surface area contributed by atoms with Crippen molar-refractivity contribution < 1.29 is 9.59 Å². The second kappa shape index (κ2) is 8.73.